The van der Waals surface area contributed by atoms with E-state index in [1.54, 1.807) is 22.6 Å². The van der Waals surface area contributed by atoms with Gasteiger partial charge in [0.2, 0.25) is 11.7 Å². The molecule has 6 nitrogen and oxygen atoms in total. The van der Waals surface area contributed by atoms with Gasteiger partial charge in [0, 0.05) is 24.6 Å². The number of carbonyl (C=O) groups excluding carboxylic acids is 2. The van der Waals surface area contributed by atoms with E-state index in [9.17, 15) is 9.59 Å². The summed E-state index contributed by atoms with van der Waals surface area (Å²) in [6, 6.07) is 15.3. The number of amides is 1. The van der Waals surface area contributed by atoms with Crippen molar-refractivity contribution in [3.8, 4) is 5.75 Å². The molecular weight excluding hydrogens is 378 g/mol. The lowest BCUT2D eigenvalue weighted by Crippen LogP contribution is -2.34. The van der Waals surface area contributed by atoms with Crippen molar-refractivity contribution < 1.29 is 14.3 Å². The summed E-state index contributed by atoms with van der Waals surface area (Å²) in [5.74, 6) is 0.792. The monoisotopic (exact) mass is 407 g/mol. The van der Waals surface area contributed by atoms with Gasteiger partial charge >= 0.3 is 0 Å². The normalized spacial score (nSPS) is 11.5. The van der Waals surface area contributed by atoms with Crippen LogP contribution >= 0.6 is 0 Å². The first-order chi connectivity index (χ1) is 14.2. The molecule has 1 amide bonds. The van der Waals surface area contributed by atoms with Crippen LogP contribution in [0, 0.1) is 5.41 Å². The van der Waals surface area contributed by atoms with Gasteiger partial charge in [0.25, 0.3) is 0 Å². The van der Waals surface area contributed by atoms with Crippen LogP contribution in [0.4, 0.5) is 0 Å². The summed E-state index contributed by atoms with van der Waals surface area (Å²) in [4.78, 5) is 32.6. The second-order valence-electron chi connectivity index (χ2n) is 8.35. The molecule has 0 aliphatic carbocycles. The van der Waals surface area contributed by atoms with Gasteiger partial charge in [0.05, 0.1) is 18.1 Å². The number of fused-ring (bicyclic) bond motifs is 1. The van der Waals surface area contributed by atoms with E-state index in [2.05, 4.69) is 4.98 Å². The van der Waals surface area contributed by atoms with Gasteiger partial charge < -0.3 is 14.2 Å². The fraction of sp³-hybridized carbons (Fsp3) is 0.375. The number of aromatic nitrogens is 2. The van der Waals surface area contributed by atoms with E-state index >= 15 is 0 Å². The molecule has 1 heterocycles. The SMILES string of the molecule is CCN(Cc1ccccc1)C(=O)Cn1c(C(=O)C(C)(C)C)nc2ccc(OC)cc21. The van der Waals surface area contributed by atoms with Crippen molar-refractivity contribution in [1.29, 1.82) is 0 Å². The maximum Gasteiger partial charge on any atom is 0.242 e. The van der Waals surface area contributed by atoms with Crippen molar-refractivity contribution in [2.24, 2.45) is 5.41 Å². The quantitative estimate of drug-likeness (QED) is 0.547. The van der Waals surface area contributed by atoms with Gasteiger partial charge in [-0.25, -0.2) is 4.98 Å². The fourth-order valence-corrected chi connectivity index (χ4v) is 3.31. The van der Waals surface area contributed by atoms with E-state index in [4.69, 9.17) is 4.74 Å². The summed E-state index contributed by atoms with van der Waals surface area (Å²) >= 11 is 0. The molecule has 0 saturated carbocycles. The van der Waals surface area contributed by atoms with Gasteiger partial charge in [-0.05, 0) is 24.6 Å². The molecule has 30 heavy (non-hydrogen) atoms. The minimum Gasteiger partial charge on any atom is -0.497 e. The fourth-order valence-electron chi connectivity index (χ4n) is 3.31. The number of methoxy groups -OCH3 is 1. The number of likely N-dealkylation sites (N-methyl/N-ethyl adjacent to an activating group) is 1. The zero-order valence-corrected chi connectivity index (χ0v) is 18.3. The number of carbonyl (C=O) groups is 2. The maximum atomic E-state index is 13.2. The molecule has 0 atom stereocenters. The summed E-state index contributed by atoms with van der Waals surface area (Å²) in [5, 5.41) is 0. The molecule has 158 valence electrons. The van der Waals surface area contributed by atoms with E-state index in [0.717, 1.165) is 5.56 Å². The Hall–Kier alpha value is -3.15. The predicted molar refractivity (Wildman–Crippen MR) is 118 cm³/mol. The lowest BCUT2D eigenvalue weighted by Gasteiger charge is -2.23. The van der Waals surface area contributed by atoms with Gasteiger partial charge in [0.1, 0.15) is 12.3 Å². The Kier molecular flexibility index (Phi) is 6.25. The number of nitrogens with zero attached hydrogens (tertiary/aromatic N) is 3. The van der Waals surface area contributed by atoms with Crippen molar-refractivity contribution in [2.45, 2.75) is 40.8 Å². The Balaban J connectivity index is 1.99. The van der Waals surface area contributed by atoms with Crippen molar-refractivity contribution >= 4 is 22.7 Å². The zero-order chi connectivity index (χ0) is 21.9. The molecule has 0 unspecified atom stereocenters. The van der Waals surface area contributed by atoms with E-state index in [0.29, 0.717) is 35.7 Å². The third-order valence-electron chi connectivity index (χ3n) is 5.08. The average molecular weight is 408 g/mol. The van der Waals surface area contributed by atoms with Crippen LogP contribution in [0.25, 0.3) is 11.0 Å². The molecule has 1 aromatic heterocycles. The number of Topliss-reactive ketones (excluding diaryl/α,β-unsaturated/α-hetero) is 1. The zero-order valence-electron chi connectivity index (χ0n) is 18.3. The van der Waals surface area contributed by atoms with Crippen molar-refractivity contribution in [1.82, 2.24) is 14.5 Å². The van der Waals surface area contributed by atoms with Gasteiger partial charge in [-0.1, -0.05) is 51.1 Å². The summed E-state index contributed by atoms with van der Waals surface area (Å²) in [6.45, 7) is 8.67. The first kappa shape index (κ1) is 21.6. The molecule has 0 aliphatic heterocycles. The summed E-state index contributed by atoms with van der Waals surface area (Å²) in [7, 11) is 1.59. The highest BCUT2D eigenvalue weighted by Gasteiger charge is 2.29. The summed E-state index contributed by atoms with van der Waals surface area (Å²) < 4.78 is 7.07. The first-order valence-corrected chi connectivity index (χ1v) is 10.2. The van der Waals surface area contributed by atoms with E-state index < -0.39 is 5.41 Å². The van der Waals surface area contributed by atoms with E-state index in [1.165, 1.54) is 0 Å². The largest absolute Gasteiger partial charge is 0.497 e. The molecule has 0 N–H and O–H groups in total. The minimum absolute atomic E-state index is 0.0431. The van der Waals surface area contributed by atoms with Crippen LogP contribution in [0.1, 0.15) is 43.9 Å². The molecule has 0 spiro atoms. The molecule has 3 rings (SSSR count). The Labute approximate surface area is 177 Å². The molecule has 0 saturated heterocycles. The number of ether oxygens (including phenoxy) is 1. The van der Waals surface area contributed by atoms with Crippen LogP contribution in [0.5, 0.6) is 5.75 Å². The van der Waals surface area contributed by atoms with Gasteiger partial charge in [-0.2, -0.15) is 0 Å². The predicted octanol–water partition coefficient (Wildman–Crippen LogP) is 4.32. The van der Waals surface area contributed by atoms with Crippen LogP contribution in [-0.2, 0) is 17.9 Å². The molecule has 0 aliphatic rings. The third kappa shape index (κ3) is 4.53. The van der Waals surface area contributed by atoms with Crippen molar-refractivity contribution in [2.75, 3.05) is 13.7 Å². The molecular formula is C24H29N3O3. The number of hydrogen-bond acceptors (Lipinski definition) is 4. The Morgan fingerprint density at radius 1 is 1.10 bits per heavy atom. The smallest absolute Gasteiger partial charge is 0.242 e. The number of rotatable bonds is 7. The van der Waals surface area contributed by atoms with Crippen LogP contribution in [0.2, 0.25) is 0 Å². The second kappa shape index (κ2) is 8.69. The minimum atomic E-state index is -0.610. The van der Waals surface area contributed by atoms with E-state index in [1.807, 2.05) is 70.2 Å². The summed E-state index contributed by atoms with van der Waals surface area (Å²) in [6.07, 6.45) is 0. The number of hydrogen-bond donors (Lipinski definition) is 0. The number of imidazole rings is 1. The topological polar surface area (TPSA) is 64.4 Å². The Bertz CT molecular complexity index is 1050. The molecule has 0 radical (unpaired) electrons. The van der Waals surface area contributed by atoms with E-state index in [-0.39, 0.29) is 18.2 Å². The highest BCUT2D eigenvalue weighted by molar-refractivity contribution is 6.00. The van der Waals surface area contributed by atoms with Crippen LogP contribution < -0.4 is 4.74 Å². The highest BCUT2D eigenvalue weighted by atomic mass is 16.5. The molecule has 6 heteroatoms. The second-order valence-corrected chi connectivity index (χ2v) is 8.35. The summed E-state index contributed by atoms with van der Waals surface area (Å²) in [5.41, 5.74) is 1.84. The van der Waals surface area contributed by atoms with Crippen molar-refractivity contribution in [3.63, 3.8) is 0 Å². The maximum absolute atomic E-state index is 13.2. The lowest BCUT2D eigenvalue weighted by atomic mass is 9.90. The number of benzene rings is 2. The number of ketones is 1. The highest BCUT2D eigenvalue weighted by Crippen LogP contribution is 2.27. The average Bonchev–Trinajstić information content (AvgIpc) is 3.08. The van der Waals surface area contributed by atoms with Crippen LogP contribution in [-0.4, -0.2) is 39.8 Å². The molecule has 2 aromatic carbocycles. The lowest BCUT2D eigenvalue weighted by molar-refractivity contribution is -0.132. The standard InChI is InChI=1S/C24H29N3O3/c1-6-26(15-17-10-8-7-9-11-17)21(28)16-27-20-14-18(30-5)12-13-19(20)25-23(27)22(29)24(2,3)4/h7-14H,6,15-16H2,1-5H3. The third-order valence-corrected chi connectivity index (χ3v) is 5.08. The molecule has 3 aromatic rings. The van der Waals surface area contributed by atoms with Crippen molar-refractivity contribution in [3.05, 3.63) is 59.9 Å². The van der Waals surface area contributed by atoms with Crippen LogP contribution in [0.15, 0.2) is 48.5 Å². The Morgan fingerprint density at radius 3 is 2.40 bits per heavy atom. The molecule has 0 fully saturated rings. The van der Waals surface area contributed by atoms with Crippen LogP contribution in [0.3, 0.4) is 0 Å². The van der Waals surface area contributed by atoms with Gasteiger partial charge in [-0.15, -0.1) is 0 Å². The first-order valence-electron chi connectivity index (χ1n) is 10.2. The molecule has 0 bridgehead atoms. The Morgan fingerprint density at radius 2 is 1.80 bits per heavy atom. The van der Waals surface area contributed by atoms with Gasteiger partial charge in [-0.3, -0.25) is 9.59 Å². The van der Waals surface area contributed by atoms with Gasteiger partial charge in [0.15, 0.2) is 5.82 Å².